The molecule has 0 aromatic heterocycles. The first-order valence-electron chi connectivity index (χ1n) is 8.49. The van der Waals surface area contributed by atoms with Crippen LogP contribution in [-0.2, 0) is 4.74 Å². The van der Waals surface area contributed by atoms with Gasteiger partial charge in [0.25, 0.3) is 0 Å². The summed E-state index contributed by atoms with van der Waals surface area (Å²) in [6, 6.07) is 0. The van der Waals surface area contributed by atoms with Gasteiger partial charge in [0, 0.05) is 0 Å². The van der Waals surface area contributed by atoms with Crippen LogP contribution in [0.1, 0.15) is 72.6 Å². The van der Waals surface area contributed by atoms with Gasteiger partial charge in [-0.25, -0.2) is 0 Å². The molecule has 120 valence electrons. The van der Waals surface area contributed by atoms with Gasteiger partial charge in [0.1, 0.15) is 0 Å². The minimum atomic E-state index is -2.16. The molecule has 0 aromatic carbocycles. The quantitative estimate of drug-likeness (QED) is 0.252. The number of thiocarbonyl (C=S) groups is 1. The van der Waals surface area contributed by atoms with E-state index in [1.807, 2.05) is 0 Å². The van der Waals surface area contributed by atoms with E-state index in [1.54, 1.807) is 0 Å². The normalized spacial score (nSPS) is 11.6. The summed E-state index contributed by atoms with van der Waals surface area (Å²) in [6.07, 6.45) is 9.20. The Bertz CT molecular complexity index is 225. The van der Waals surface area contributed by atoms with Crippen LogP contribution < -0.4 is 0 Å². The number of rotatable bonds is 12. The van der Waals surface area contributed by atoms with E-state index in [4.69, 9.17) is 17.0 Å². The van der Waals surface area contributed by atoms with E-state index in [9.17, 15) is 0 Å². The van der Waals surface area contributed by atoms with Crippen LogP contribution >= 0.6 is 21.2 Å². The molecule has 0 bridgehead atoms. The van der Waals surface area contributed by atoms with E-state index in [0.717, 1.165) is 17.4 Å². The summed E-state index contributed by atoms with van der Waals surface area (Å²) in [5.74, 6) is 0. The summed E-state index contributed by atoms with van der Waals surface area (Å²) >= 11 is 3.35. The molecular formula is C16H34OS2Sn. The number of hydrogen-bond acceptors (Lipinski definition) is 3. The van der Waals surface area contributed by atoms with E-state index < -0.39 is 17.0 Å². The third-order valence-electron chi connectivity index (χ3n) is 3.68. The van der Waals surface area contributed by atoms with Crippen molar-refractivity contribution >= 4 is 42.5 Å². The third kappa shape index (κ3) is 9.88. The summed E-state index contributed by atoms with van der Waals surface area (Å²) in [6.45, 7) is 9.88. The van der Waals surface area contributed by atoms with Crippen LogP contribution in [0.2, 0.25) is 13.3 Å². The van der Waals surface area contributed by atoms with E-state index in [-0.39, 0.29) is 0 Å². The van der Waals surface area contributed by atoms with E-state index >= 15 is 0 Å². The molecular weight excluding hydrogens is 391 g/mol. The first-order valence-corrected chi connectivity index (χ1v) is 19.3. The topological polar surface area (TPSA) is 9.23 Å². The summed E-state index contributed by atoms with van der Waals surface area (Å²) in [4.78, 5) is 0. The standard InChI is InChI=1S/C4H8OS2.3C4H9.Sn/c1-2-3-5-4(6)7;3*1-3-4-2;/h2-3H2,1H3,(H,6,7);3*1,3-4H2,2H3;/q;;;;+1/p-1. The zero-order chi connectivity index (χ0) is 15.3. The molecule has 0 amide bonds. The SMILES string of the molecule is CCC[CH2][Sn]([CH2]CCC)([CH2]CCC)[S]C(=S)OCCC. The Hall–Kier alpha value is 1.04. The maximum atomic E-state index is 5.73. The van der Waals surface area contributed by atoms with Crippen molar-refractivity contribution in [3.8, 4) is 0 Å². The molecule has 1 nitrogen and oxygen atoms in total. The zero-order valence-electron chi connectivity index (χ0n) is 14.0. The molecule has 0 aliphatic carbocycles. The first-order chi connectivity index (χ1) is 9.64. The molecule has 0 unspecified atom stereocenters. The Morgan fingerprint density at radius 3 is 1.65 bits per heavy atom. The van der Waals surface area contributed by atoms with Crippen molar-refractivity contribution in [1.82, 2.24) is 0 Å². The van der Waals surface area contributed by atoms with Gasteiger partial charge < -0.3 is 0 Å². The van der Waals surface area contributed by atoms with Crippen LogP contribution in [0.15, 0.2) is 0 Å². The van der Waals surface area contributed by atoms with Crippen molar-refractivity contribution in [3.63, 3.8) is 0 Å². The Balaban J connectivity index is 4.68. The van der Waals surface area contributed by atoms with Gasteiger partial charge in [0.2, 0.25) is 0 Å². The fourth-order valence-corrected chi connectivity index (χ4v) is 26.6. The van der Waals surface area contributed by atoms with Crippen LogP contribution in [0.4, 0.5) is 0 Å². The van der Waals surface area contributed by atoms with E-state index in [2.05, 4.69) is 36.6 Å². The first kappa shape index (κ1) is 21.0. The van der Waals surface area contributed by atoms with Gasteiger partial charge in [0.15, 0.2) is 0 Å². The molecule has 0 radical (unpaired) electrons. The Labute approximate surface area is 139 Å². The van der Waals surface area contributed by atoms with Gasteiger partial charge in [-0.1, -0.05) is 0 Å². The van der Waals surface area contributed by atoms with Crippen molar-refractivity contribution in [2.24, 2.45) is 0 Å². The molecule has 20 heavy (non-hydrogen) atoms. The predicted molar refractivity (Wildman–Crippen MR) is 101 cm³/mol. The summed E-state index contributed by atoms with van der Waals surface area (Å²) in [5, 5.41) is 0. The molecule has 0 atom stereocenters. The second-order valence-corrected chi connectivity index (χ2v) is 25.5. The summed E-state index contributed by atoms with van der Waals surface area (Å²) in [5.41, 5.74) is 0. The average Bonchev–Trinajstić information content (AvgIpc) is 2.46. The second kappa shape index (κ2) is 13.7. The van der Waals surface area contributed by atoms with Crippen LogP contribution in [0.25, 0.3) is 0 Å². The van der Waals surface area contributed by atoms with Crippen molar-refractivity contribution in [1.29, 1.82) is 0 Å². The number of unbranched alkanes of at least 4 members (excludes halogenated alkanes) is 3. The molecule has 0 saturated heterocycles. The van der Waals surface area contributed by atoms with Crippen LogP contribution in [0.3, 0.4) is 0 Å². The van der Waals surface area contributed by atoms with Gasteiger partial charge in [-0.2, -0.15) is 0 Å². The fourth-order valence-electron chi connectivity index (χ4n) is 2.42. The predicted octanol–water partition coefficient (Wildman–Crippen LogP) is 6.78. The Morgan fingerprint density at radius 2 is 1.30 bits per heavy atom. The molecule has 0 spiro atoms. The van der Waals surface area contributed by atoms with Gasteiger partial charge in [0.05, 0.1) is 0 Å². The van der Waals surface area contributed by atoms with Crippen molar-refractivity contribution in [2.45, 2.75) is 86.0 Å². The van der Waals surface area contributed by atoms with Crippen LogP contribution in [0, 0.1) is 0 Å². The number of ether oxygens (including phenoxy) is 1. The van der Waals surface area contributed by atoms with E-state index in [1.165, 1.54) is 51.8 Å². The molecule has 4 heteroatoms. The van der Waals surface area contributed by atoms with Crippen molar-refractivity contribution in [2.75, 3.05) is 6.61 Å². The molecule has 0 saturated carbocycles. The zero-order valence-corrected chi connectivity index (χ0v) is 18.5. The molecule has 0 fully saturated rings. The van der Waals surface area contributed by atoms with Gasteiger partial charge in [-0.05, 0) is 0 Å². The van der Waals surface area contributed by atoms with E-state index in [0.29, 0.717) is 0 Å². The van der Waals surface area contributed by atoms with Gasteiger partial charge in [-0.3, -0.25) is 0 Å². The van der Waals surface area contributed by atoms with Crippen molar-refractivity contribution in [3.05, 3.63) is 0 Å². The molecule has 0 aliphatic heterocycles. The summed E-state index contributed by atoms with van der Waals surface area (Å²) in [7, 11) is 2.07. The van der Waals surface area contributed by atoms with Crippen molar-refractivity contribution < 1.29 is 4.74 Å². The Kier molecular flexibility index (Phi) is 14.4. The molecule has 0 heterocycles. The van der Waals surface area contributed by atoms with Crippen LogP contribution in [0.5, 0.6) is 0 Å². The average molecular weight is 425 g/mol. The fraction of sp³-hybridized carbons (Fsp3) is 0.938. The monoisotopic (exact) mass is 426 g/mol. The second-order valence-electron chi connectivity index (χ2n) is 5.69. The third-order valence-corrected chi connectivity index (χ3v) is 26.3. The molecule has 0 rings (SSSR count). The van der Waals surface area contributed by atoms with Gasteiger partial charge in [-0.15, -0.1) is 0 Å². The Morgan fingerprint density at radius 1 is 0.850 bits per heavy atom. The minimum absolute atomic E-state index is 0.795. The molecule has 0 aromatic rings. The van der Waals surface area contributed by atoms with Gasteiger partial charge >= 0.3 is 140 Å². The number of hydrogen-bond donors (Lipinski definition) is 0. The molecule has 0 N–H and O–H groups in total. The molecule has 0 aliphatic rings. The maximum absolute atomic E-state index is 5.73. The summed E-state index contributed by atoms with van der Waals surface area (Å²) < 4.78 is 11.1. The van der Waals surface area contributed by atoms with Crippen LogP contribution in [-0.4, -0.2) is 28.0 Å².